The molecule has 0 aromatic heterocycles. The minimum atomic E-state index is -0.467. The first-order valence-corrected chi connectivity index (χ1v) is 6.70. The predicted molar refractivity (Wildman–Crippen MR) is 76.4 cm³/mol. The normalized spacial score (nSPS) is 18.2. The number of benzene rings is 1. The Hall–Kier alpha value is -1.71. The van der Waals surface area contributed by atoms with Crippen LogP contribution in [0.2, 0.25) is 0 Å². The fraction of sp³-hybridized carbons (Fsp3) is 0.533. The van der Waals surface area contributed by atoms with Gasteiger partial charge < -0.3 is 15.4 Å². The molecule has 0 radical (unpaired) electrons. The van der Waals surface area contributed by atoms with Gasteiger partial charge in [0, 0.05) is 17.8 Å². The number of nitrogens with one attached hydrogen (secondary N) is 2. The van der Waals surface area contributed by atoms with Crippen LogP contribution in [0.15, 0.2) is 18.2 Å². The van der Waals surface area contributed by atoms with E-state index in [4.69, 9.17) is 4.74 Å². The zero-order chi connectivity index (χ0) is 14.0. The third-order valence-corrected chi connectivity index (χ3v) is 3.11. The highest BCUT2D eigenvalue weighted by molar-refractivity contribution is 5.70. The van der Waals surface area contributed by atoms with Crippen molar-refractivity contribution < 1.29 is 9.53 Å². The number of amides is 1. The lowest BCUT2D eigenvalue weighted by molar-refractivity contribution is 0.0501. The van der Waals surface area contributed by atoms with Crippen LogP contribution in [0.1, 0.15) is 44.4 Å². The van der Waals surface area contributed by atoms with E-state index in [9.17, 15) is 4.79 Å². The molecule has 1 aliphatic rings. The van der Waals surface area contributed by atoms with Crippen LogP contribution in [0.25, 0.3) is 0 Å². The maximum absolute atomic E-state index is 11.9. The highest BCUT2D eigenvalue weighted by Crippen LogP contribution is 2.32. The van der Waals surface area contributed by atoms with Gasteiger partial charge >= 0.3 is 6.09 Å². The predicted octanol–water partition coefficient (Wildman–Crippen LogP) is 3.38. The molecule has 0 saturated carbocycles. The van der Waals surface area contributed by atoms with Gasteiger partial charge in [0.15, 0.2) is 0 Å². The molecule has 104 valence electrons. The number of carbonyl (C=O) groups excluding carboxylic acids is 1. The van der Waals surface area contributed by atoms with E-state index < -0.39 is 5.60 Å². The van der Waals surface area contributed by atoms with Crippen LogP contribution >= 0.6 is 0 Å². The Bertz CT molecular complexity index is 478. The fourth-order valence-electron chi connectivity index (χ4n) is 2.39. The molecule has 0 bridgehead atoms. The van der Waals surface area contributed by atoms with Gasteiger partial charge in [0.1, 0.15) is 5.60 Å². The lowest BCUT2D eigenvalue weighted by Gasteiger charge is -2.30. The van der Waals surface area contributed by atoms with Crippen LogP contribution in [0.3, 0.4) is 0 Å². The number of hydrogen-bond donors (Lipinski definition) is 2. The van der Waals surface area contributed by atoms with Gasteiger partial charge in [0.25, 0.3) is 0 Å². The topological polar surface area (TPSA) is 50.4 Å². The lowest BCUT2D eigenvalue weighted by atomic mass is 9.94. The van der Waals surface area contributed by atoms with E-state index in [-0.39, 0.29) is 12.1 Å². The Morgan fingerprint density at radius 1 is 1.42 bits per heavy atom. The van der Waals surface area contributed by atoms with Crippen molar-refractivity contribution in [2.45, 2.75) is 45.8 Å². The van der Waals surface area contributed by atoms with Crippen molar-refractivity contribution in [3.05, 3.63) is 29.3 Å². The Morgan fingerprint density at radius 3 is 2.84 bits per heavy atom. The van der Waals surface area contributed by atoms with Crippen molar-refractivity contribution in [3.8, 4) is 0 Å². The van der Waals surface area contributed by atoms with Gasteiger partial charge in [-0.05, 0) is 45.7 Å². The zero-order valence-electron chi connectivity index (χ0n) is 12.0. The summed E-state index contributed by atoms with van der Waals surface area (Å²) >= 11 is 0. The monoisotopic (exact) mass is 262 g/mol. The number of ether oxygens (including phenoxy) is 1. The standard InChI is InChI=1S/C15H22N2O2/c1-10-6-5-7-11-13(10)12(8-9-16-11)17-14(18)19-15(2,3)4/h5-7,12,16H,8-9H2,1-4H3,(H,17,18). The summed E-state index contributed by atoms with van der Waals surface area (Å²) in [5.41, 5.74) is 2.99. The van der Waals surface area contributed by atoms with Crippen molar-refractivity contribution in [2.75, 3.05) is 11.9 Å². The van der Waals surface area contributed by atoms with Crippen molar-refractivity contribution in [1.82, 2.24) is 5.32 Å². The van der Waals surface area contributed by atoms with Gasteiger partial charge in [-0.2, -0.15) is 0 Å². The molecule has 0 saturated heterocycles. The minimum absolute atomic E-state index is 0.0206. The lowest BCUT2D eigenvalue weighted by Crippen LogP contribution is -2.37. The number of hydrogen-bond acceptors (Lipinski definition) is 3. The molecule has 19 heavy (non-hydrogen) atoms. The van der Waals surface area contributed by atoms with Gasteiger partial charge in [-0.25, -0.2) is 4.79 Å². The quantitative estimate of drug-likeness (QED) is 0.815. The third kappa shape index (κ3) is 3.40. The van der Waals surface area contributed by atoms with Crippen LogP contribution in [0.4, 0.5) is 10.5 Å². The Labute approximate surface area is 114 Å². The second kappa shape index (κ2) is 5.11. The molecule has 4 heteroatoms. The van der Waals surface area contributed by atoms with Crippen molar-refractivity contribution in [3.63, 3.8) is 0 Å². The fourth-order valence-corrected chi connectivity index (χ4v) is 2.39. The highest BCUT2D eigenvalue weighted by Gasteiger charge is 2.25. The van der Waals surface area contributed by atoms with Crippen LogP contribution in [-0.2, 0) is 4.74 Å². The van der Waals surface area contributed by atoms with Crippen molar-refractivity contribution in [1.29, 1.82) is 0 Å². The largest absolute Gasteiger partial charge is 0.444 e. The average molecular weight is 262 g/mol. The number of carbonyl (C=O) groups is 1. The van der Waals surface area contributed by atoms with E-state index in [2.05, 4.69) is 23.6 Å². The van der Waals surface area contributed by atoms with E-state index in [1.807, 2.05) is 32.9 Å². The molecule has 1 atom stereocenters. The maximum atomic E-state index is 11.9. The molecule has 1 amide bonds. The summed E-state index contributed by atoms with van der Waals surface area (Å²) in [6.45, 7) is 8.53. The van der Waals surface area contributed by atoms with Crippen LogP contribution in [-0.4, -0.2) is 18.2 Å². The number of rotatable bonds is 1. The molecule has 1 aromatic rings. The number of anilines is 1. The Kier molecular flexibility index (Phi) is 3.69. The maximum Gasteiger partial charge on any atom is 0.408 e. The van der Waals surface area contributed by atoms with Crippen molar-refractivity contribution >= 4 is 11.8 Å². The number of alkyl carbamates (subject to hydrolysis) is 1. The number of aryl methyl sites for hydroxylation is 1. The van der Waals surface area contributed by atoms with Gasteiger partial charge in [-0.3, -0.25) is 0 Å². The first kappa shape index (κ1) is 13.7. The van der Waals surface area contributed by atoms with Crippen LogP contribution in [0.5, 0.6) is 0 Å². The third-order valence-electron chi connectivity index (χ3n) is 3.11. The molecule has 2 rings (SSSR count). The summed E-state index contributed by atoms with van der Waals surface area (Å²) in [4.78, 5) is 11.9. The van der Waals surface area contributed by atoms with Gasteiger partial charge in [-0.15, -0.1) is 0 Å². The first-order chi connectivity index (χ1) is 8.87. The zero-order valence-corrected chi connectivity index (χ0v) is 12.0. The summed E-state index contributed by atoms with van der Waals surface area (Å²) in [7, 11) is 0. The first-order valence-electron chi connectivity index (χ1n) is 6.70. The summed E-state index contributed by atoms with van der Waals surface area (Å²) in [6.07, 6.45) is 0.519. The molecule has 1 heterocycles. The Morgan fingerprint density at radius 2 is 2.16 bits per heavy atom. The molecule has 0 fully saturated rings. The molecule has 1 unspecified atom stereocenters. The molecule has 1 aliphatic heterocycles. The minimum Gasteiger partial charge on any atom is -0.444 e. The van der Waals surface area contributed by atoms with Gasteiger partial charge in [0.2, 0.25) is 0 Å². The van der Waals surface area contributed by atoms with E-state index in [1.165, 1.54) is 11.1 Å². The van der Waals surface area contributed by atoms with Crippen LogP contribution in [0, 0.1) is 6.92 Å². The second-order valence-electron chi connectivity index (χ2n) is 5.95. The summed E-state index contributed by atoms with van der Waals surface area (Å²) in [6, 6.07) is 6.16. The molecular formula is C15H22N2O2. The summed E-state index contributed by atoms with van der Waals surface area (Å²) in [5.74, 6) is 0. The molecule has 0 spiro atoms. The summed E-state index contributed by atoms with van der Waals surface area (Å²) < 4.78 is 5.32. The van der Waals surface area contributed by atoms with Crippen molar-refractivity contribution in [2.24, 2.45) is 0 Å². The van der Waals surface area contributed by atoms with E-state index >= 15 is 0 Å². The molecule has 4 nitrogen and oxygen atoms in total. The number of fused-ring (bicyclic) bond motifs is 1. The van der Waals surface area contributed by atoms with Crippen LogP contribution < -0.4 is 10.6 Å². The average Bonchev–Trinajstić information content (AvgIpc) is 2.26. The molecule has 1 aromatic carbocycles. The molecule has 0 aliphatic carbocycles. The molecular weight excluding hydrogens is 240 g/mol. The van der Waals surface area contributed by atoms with E-state index in [0.717, 1.165) is 18.7 Å². The van der Waals surface area contributed by atoms with E-state index in [0.29, 0.717) is 0 Å². The highest BCUT2D eigenvalue weighted by atomic mass is 16.6. The molecule has 2 N–H and O–H groups in total. The van der Waals surface area contributed by atoms with Gasteiger partial charge in [0.05, 0.1) is 6.04 Å². The second-order valence-corrected chi connectivity index (χ2v) is 5.95. The Balaban J connectivity index is 2.14. The van der Waals surface area contributed by atoms with E-state index in [1.54, 1.807) is 0 Å². The summed E-state index contributed by atoms with van der Waals surface area (Å²) in [5, 5.41) is 6.33. The smallest absolute Gasteiger partial charge is 0.408 e. The SMILES string of the molecule is Cc1cccc2c1C(NC(=O)OC(C)(C)C)CCN2. The van der Waals surface area contributed by atoms with Gasteiger partial charge in [-0.1, -0.05) is 12.1 Å².